The van der Waals surface area contributed by atoms with E-state index in [1.54, 1.807) is 0 Å². The predicted octanol–water partition coefficient (Wildman–Crippen LogP) is 5.37. The van der Waals surface area contributed by atoms with E-state index in [4.69, 9.17) is 0 Å². The lowest BCUT2D eigenvalue weighted by Crippen LogP contribution is -2.24. The fraction of sp³-hybridized carbons (Fsp3) is 0.941. The molecule has 0 aromatic carbocycles. The Bertz CT molecular complexity index is 264. The summed E-state index contributed by atoms with van der Waals surface area (Å²) >= 11 is 2.16. The Balaban J connectivity index is 1.52. The van der Waals surface area contributed by atoms with Crippen LogP contribution in [-0.4, -0.2) is 16.3 Å². The van der Waals surface area contributed by atoms with Gasteiger partial charge in [-0.3, -0.25) is 4.79 Å². The van der Waals surface area contributed by atoms with Gasteiger partial charge in [0, 0.05) is 22.8 Å². The summed E-state index contributed by atoms with van der Waals surface area (Å²) < 4.78 is 0. The summed E-state index contributed by atoms with van der Waals surface area (Å²) in [5.74, 6) is 1.02. The number of hydrogen-bond acceptors (Lipinski definition) is 2. The Labute approximate surface area is 123 Å². The number of unbranched alkanes of at least 4 members (excludes halogenated alkanes) is 6. The Morgan fingerprint density at radius 2 is 1.53 bits per heavy atom. The maximum Gasteiger partial charge on any atom is 0.136 e. The van der Waals surface area contributed by atoms with Crippen LogP contribution in [0.3, 0.4) is 0 Å². The number of rotatable bonds is 9. The number of ketones is 1. The Kier molecular flexibility index (Phi) is 6.76. The molecule has 2 heterocycles. The molecule has 0 N–H and O–H groups in total. The second kappa shape index (κ2) is 8.34. The van der Waals surface area contributed by atoms with Crippen LogP contribution in [-0.2, 0) is 4.79 Å². The van der Waals surface area contributed by atoms with Crippen molar-refractivity contribution >= 4 is 17.5 Å². The minimum absolute atomic E-state index is 0.429. The van der Waals surface area contributed by atoms with Gasteiger partial charge >= 0.3 is 0 Å². The van der Waals surface area contributed by atoms with Gasteiger partial charge in [-0.2, -0.15) is 11.8 Å². The molecular weight excluding hydrogens is 252 g/mol. The molecule has 0 radical (unpaired) electrons. The van der Waals surface area contributed by atoms with Crippen LogP contribution < -0.4 is 0 Å². The van der Waals surface area contributed by atoms with E-state index in [-0.39, 0.29) is 0 Å². The number of carbonyl (C=O) groups is 1. The summed E-state index contributed by atoms with van der Waals surface area (Å²) in [4.78, 5) is 12.2. The van der Waals surface area contributed by atoms with Crippen molar-refractivity contribution in [3.8, 4) is 0 Å². The number of carbonyl (C=O) groups excluding carboxylic acids is 1. The molecule has 1 nitrogen and oxygen atoms in total. The summed E-state index contributed by atoms with van der Waals surface area (Å²) in [7, 11) is 0. The van der Waals surface area contributed by atoms with Crippen molar-refractivity contribution in [1.29, 1.82) is 0 Å². The van der Waals surface area contributed by atoms with Gasteiger partial charge in [0.25, 0.3) is 0 Å². The molecule has 2 bridgehead atoms. The van der Waals surface area contributed by atoms with Gasteiger partial charge in [-0.25, -0.2) is 0 Å². The summed E-state index contributed by atoms with van der Waals surface area (Å²) in [5, 5.41) is 1.64. The van der Waals surface area contributed by atoms with Crippen LogP contribution in [0.1, 0.15) is 84.0 Å². The van der Waals surface area contributed by atoms with Crippen LogP contribution in [0.4, 0.5) is 0 Å². The first kappa shape index (κ1) is 15.4. The van der Waals surface area contributed by atoms with Crippen molar-refractivity contribution in [2.75, 3.05) is 0 Å². The van der Waals surface area contributed by atoms with E-state index >= 15 is 0 Å². The molecule has 0 aromatic rings. The van der Waals surface area contributed by atoms with E-state index in [9.17, 15) is 4.79 Å². The molecule has 19 heavy (non-hydrogen) atoms. The number of Topliss-reactive ketones (excluding diaryl/α,β-unsaturated/α-hetero) is 1. The van der Waals surface area contributed by atoms with Gasteiger partial charge in [0.15, 0.2) is 0 Å². The van der Waals surface area contributed by atoms with Gasteiger partial charge in [-0.15, -0.1) is 0 Å². The van der Waals surface area contributed by atoms with E-state index in [0.29, 0.717) is 11.7 Å². The molecule has 0 aromatic heterocycles. The Morgan fingerprint density at radius 3 is 2.16 bits per heavy atom. The van der Waals surface area contributed by atoms with Gasteiger partial charge in [-0.05, 0) is 32.1 Å². The van der Waals surface area contributed by atoms with Gasteiger partial charge in [0.05, 0.1) is 0 Å². The lowest BCUT2D eigenvalue weighted by atomic mass is 9.91. The third-order valence-corrected chi connectivity index (χ3v) is 6.40. The highest BCUT2D eigenvalue weighted by molar-refractivity contribution is 8.00. The zero-order chi connectivity index (χ0) is 13.5. The van der Waals surface area contributed by atoms with Crippen LogP contribution in [0, 0.1) is 5.92 Å². The van der Waals surface area contributed by atoms with Crippen molar-refractivity contribution in [2.45, 2.75) is 94.5 Å². The second-order valence-electron chi connectivity index (χ2n) is 6.46. The number of hydrogen-bond donors (Lipinski definition) is 0. The third-order valence-electron chi connectivity index (χ3n) is 4.77. The van der Waals surface area contributed by atoms with E-state index in [0.717, 1.165) is 23.3 Å². The van der Waals surface area contributed by atoms with Gasteiger partial charge < -0.3 is 0 Å². The first-order valence-electron chi connectivity index (χ1n) is 8.47. The third kappa shape index (κ3) is 5.13. The van der Waals surface area contributed by atoms with Crippen molar-refractivity contribution in [2.24, 2.45) is 5.92 Å². The zero-order valence-corrected chi connectivity index (χ0v) is 13.4. The highest BCUT2D eigenvalue weighted by Gasteiger charge is 2.37. The molecule has 2 aliphatic rings. The number of thioether (sulfide) groups is 1. The monoisotopic (exact) mass is 282 g/mol. The van der Waals surface area contributed by atoms with Crippen molar-refractivity contribution in [3.05, 3.63) is 0 Å². The van der Waals surface area contributed by atoms with E-state index in [1.165, 1.54) is 64.2 Å². The standard InChI is InChI=1S/C17H30OS/c1-2-3-4-5-6-7-8-9-17(18)14-12-15-10-11-16(13-14)19-15/h14-16H,2-13H2,1H3. The molecule has 110 valence electrons. The molecule has 0 spiro atoms. The fourth-order valence-electron chi connectivity index (χ4n) is 3.58. The van der Waals surface area contributed by atoms with Crippen LogP contribution in [0.15, 0.2) is 0 Å². The average molecular weight is 282 g/mol. The number of fused-ring (bicyclic) bond motifs is 2. The van der Waals surface area contributed by atoms with Crippen molar-refractivity contribution in [1.82, 2.24) is 0 Å². The van der Waals surface area contributed by atoms with Gasteiger partial charge in [0.2, 0.25) is 0 Å². The minimum Gasteiger partial charge on any atom is -0.299 e. The summed E-state index contributed by atoms with van der Waals surface area (Å²) in [6, 6.07) is 0. The Hall–Kier alpha value is 0.0200. The first-order chi connectivity index (χ1) is 9.29. The summed E-state index contributed by atoms with van der Waals surface area (Å²) in [6.07, 6.45) is 15.2. The highest BCUT2D eigenvalue weighted by atomic mass is 32.2. The quantitative estimate of drug-likeness (QED) is 0.529. The SMILES string of the molecule is CCCCCCCCCC(=O)C1CC2CCC(C1)S2. The largest absolute Gasteiger partial charge is 0.299 e. The summed E-state index contributed by atoms with van der Waals surface area (Å²) in [5.41, 5.74) is 0. The van der Waals surface area contributed by atoms with Crippen molar-refractivity contribution < 1.29 is 4.79 Å². The zero-order valence-electron chi connectivity index (χ0n) is 12.5. The highest BCUT2D eigenvalue weighted by Crippen LogP contribution is 2.46. The average Bonchev–Trinajstić information content (AvgIpc) is 2.76. The van der Waals surface area contributed by atoms with Gasteiger partial charge in [0.1, 0.15) is 5.78 Å². The molecule has 2 atom stereocenters. The molecule has 2 unspecified atom stereocenters. The molecule has 2 rings (SSSR count). The fourth-order valence-corrected chi connectivity index (χ4v) is 5.36. The normalized spacial score (nSPS) is 29.6. The topological polar surface area (TPSA) is 17.1 Å². The van der Waals surface area contributed by atoms with Crippen LogP contribution >= 0.6 is 11.8 Å². The molecule has 2 saturated heterocycles. The Morgan fingerprint density at radius 1 is 0.947 bits per heavy atom. The van der Waals surface area contributed by atoms with E-state index < -0.39 is 0 Å². The van der Waals surface area contributed by atoms with E-state index in [2.05, 4.69) is 18.7 Å². The predicted molar refractivity (Wildman–Crippen MR) is 84.7 cm³/mol. The van der Waals surface area contributed by atoms with Crippen molar-refractivity contribution in [3.63, 3.8) is 0 Å². The molecule has 0 aliphatic carbocycles. The van der Waals surface area contributed by atoms with E-state index in [1.807, 2.05) is 0 Å². The molecule has 0 amide bonds. The smallest absolute Gasteiger partial charge is 0.136 e. The van der Waals surface area contributed by atoms with Gasteiger partial charge in [-0.1, -0.05) is 45.4 Å². The maximum absolute atomic E-state index is 12.2. The van der Waals surface area contributed by atoms with Crippen LogP contribution in [0.2, 0.25) is 0 Å². The first-order valence-corrected chi connectivity index (χ1v) is 9.42. The van der Waals surface area contributed by atoms with Crippen LogP contribution in [0.5, 0.6) is 0 Å². The lowest BCUT2D eigenvalue weighted by Gasteiger charge is -2.26. The molecule has 0 saturated carbocycles. The molecular formula is C17H30OS. The maximum atomic E-state index is 12.2. The second-order valence-corrected chi connectivity index (χ2v) is 8.07. The molecule has 2 aliphatic heterocycles. The lowest BCUT2D eigenvalue weighted by molar-refractivity contribution is -0.123. The summed E-state index contributed by atoms with van der Waals surface area (Å²) in [6.45, 7) is 2.26. The minimum atomic E-state index is 0.429. The molecule has 2 fully saturated rings. The van der Waals surface area contributed by atoms with Crippen LogP contribution in [0.25, 0.3) is 0 Å². The molecule has 2 heteroatoms.